The lowest BCUT2D eigenvalue weighted by Gasteiger charge is -2.73. The Morgan fingerprint density at radius 3 is 2.06 bits per heavy atom. The highest BCUT2D eigenvalue weighted by Gasteiger charge is 2.71. The quantitative estimate of drug-likeness (QED) is 0.454. The van der Waals surface area contributed by atoms with Gasteiger partial charge >= 0.3 is 0 Å². The van der Waals surface area contributed by atoms with Crippen LogP contribution in [0.25, 0.3) is 0 Å². The minimum absolute atomic E-state index is 0.136. The molecule has 0 radical (unpaired) electrons. The molecular weight excluding hydrogens is 392 g/mol. The van der Waals surface area contributed by atoms with Crippen molar-refractivity contribution in [3.05, 3.63) is 0 Å². The van der Waals surface area contributed by atoms with E-state index in [0.717, 1.165) is 30.1 Å². The van der Waals surface area contributed by atoms with Crippen molar-refractivity contribution in [1.82, 2.24) is 0 Å². The monoisotopic (exact) mass is 444 g/mol. The molecule has 5 fully saturated rings. The molecule has 0 unspecified atom stereocenters. The van der Waals surface area contributed by atoms with Crippen LogP contribution in [0, 0.1) is 62.6 Å². The van der Waals surface area contributed by atoms with E-state index in [9.17, 15) is 10.2 Å². The second kappa shape index (κ2) is 6.99. The van der Waals surface area contributed by atoms with Crippen molar-refractivity contribution in [3.63, 3.8) is 0 Å². The average molecular weight is 445 g/mol. The van der Waals surface area contributed by atoms with Crippen LogP contribution in [-0.4, -0.2) is 22.4 Å². The lowest BCUT2D eigenvalue weighted by atomic mass is 9.32. The molecule has 5 saturated carbocycles. The van der Waals surface area contributed by atoms with Gasteiger partial charge in [0.25, 0.3) is 0 Å². The van der Waals surface area contributed by atoms with Crippen LogP contribution >= 0.6 is 0 Å². The summed E-state index contributed by atoms with van der Waals surface area (Å²) in [5.74, 6) is 4.65. The van der Waals surface area contributed by atoms with Crippen molar-refractivity contribution in [1.29, 1.82) is 0 Å². The summed E-state index contributed by atoms with van der Waals surface area (Å²) >= 11 is 0. The van der Waals surface area contributed by atoms with E-state index >= 15 is 0 Å². The Labute approximate surface area is 198 Å². The maximum absolute atomic E-state index is 11.0. The Morgan fingerprint density at radius 1 is 0.719 bits per heavy atom. The Bertz CT molecular complexity index is 758. The van der Waals surface area contributed by atoms with Gasteiger partial charge in [-0.05, 0) is 120 Å². The number of aliphatic hydroxyl groups excluding tert-OH is 2. The van der Waals surface area contributed by atoms with Gasteiger partial charge in [-0.25, -0.2) is 0 Å². The van der Waals surface area contributed by atoms with E-state index < -0.39 is 12.2 Å². The number of rotatable bonds is 1. The third kappa shape index (κ3) is 2.72. The summed E-state index contributed by atoms with van der Waals surface area (Å²) in [4.78, 5) is 0. The first-order chi connectivity index (χ1) is 14.7. The van der Waals surface area contributed by atoms with E-state index in [2.05, 4.69) is 55.4 Å². The fourth-order valence-electron chi connectivity index (χ4n) is 11.9. The summed E-state index contributed by atoms with van der Waals surface area (Å²) in [6.45, 7) is 20.0. The van der Waals surface area contributed by atoms with Crippen LogP contribution < -0.4 is 0 Å². The van der Waals surface area contributed by atoms with E-state index in [1.807, 2.05) is 0 Å². The second-order valence-corrected chi connectivity index (χ2v) is 15.3. The van der Waals surface area contributed by atoms with Gasteiger partial charge in [0.2, 0.25) is 0 Å². The van der Waals surface area contributed by atoms with E-state index in [1.54, 1.807) is 0 Å². The van der Waals surface area contributed by atoms with Gasteiger partial charge < -0.3 is 10.2 Å². The summed E-state index contributed by atoms with van der Waals surface area (Å²) in [5, 5.41) is 21.9. The summed E-state index contributed by atoms with van der Waals surface area (Å²) in [6.07, 6.45) is 10.6. The number of aliphatic hydroxyl groups is 2. The van der Waals surface area contributed by atoms with Crippen LogP contribution in [0.1, 0.15) is 113 Å². The lowest BCUT2D eigenvalue weighted by molar-refractivity contribution is -0.263. The minimum atomic E-state index is -0.586. The number of hydrogen-bond donors (Lipinski definition) is 2. The first-order valence-corrected chi connectivity index (χ1v) is 14.1. The standard InChI is InChI=1S/C30H52O2/c1-18(2)19-11-13-27(5)15-16-29(7)20(24(19)27)9-10-23-28(6)17-21(31)25(32)26(3,4)22(28)12-14-30(23,29)8/h18-25,31-32H,9-17H2,1-8H3/t19-,20+,21-,22-,23+,24+,25-,27+,28+,29+,30-/m0/s1. The van der Waals surface area contributed by atoms with Crippen LogP contribution in [0.5, 0.6) is 0 Å². The molecule has 5 rings (SSSR count). The molecule has 0 spiro atoms. The van der Waals surface area contributed by atoms with Gasteiger partial charge in [-0.3, -0.25) is 0 Å². The maximum Gasteiger partial charge on any atom is 0.0852 e. The molecule has 0 amide bonds. The normalized spacial score (nSPS) is 59.2. The maximum atomic E-state index is 11.0. The SMILES string of the molecule is CC(C)[C@@H]1CC[C@]2(C)CC[C@]3(C)[C@H](CC[C@@H]4[C@]5(C)C[C@H](O)[C@H](O)C(C)(C)[C@@H]5CC[C@@]43C)[C@@H]12. The highest BCUT2D eigenvalue weighted by atomic mass is 16.3. The van der Waals surface area contributed by atoms with Crippen LogP contribution in [0.15, 0.2) is 0 Å². The van der Waals surface area contributed by atoms with Crippen LogP contribution in [0.3, 0.4) is 0 Å². The zero-order valence-electron chi connectivity index (χ0n) is 22.4. The van der Waals surface area contributed by atoms with E-state index in [-0.39, 0.29) is 10.8 Å². The minimum Gasteiger partial charge on any atom is -0.390 e. The lowest BCUT2D eigenvalue weighted by Crippen LogP contribution is -2.68. The molecular formula is C30H52O2. The molecule has 5 aliphatic rings. The van der Waals surface area contributed by atoms with Gasteiger partial charge in [0.05, 0.1) is 12.2 Å². The summed E-state index contributed by atoms with van der Waals surface area (Å²) in [6, 6.07) is 0. The molecule has 2 nitrogen and oxygen atoms in total. The first-order valence-electron chi connectivity index (χ1n) is 14.1. The molecule has 0 heterocycles. The number of hydrogen-bond acceptors (Lipinski definition) is 2. The molecule has 0 bridgehead atoms. The zero-order chi connectivity index (χ0) is 23.5. The topological polar surface area (TPSA) is 40.5 Å². The van der Waals surface area contributed by atoms with Crippen molar-refractivity contribution in [2.45, 2.75) is 125 Å². The highest BCUT2D eigenvalue weighted by molar-refractivity contribution is 5.19. The van der Waals surface area contributed by atoms with Crippen LogP contribution in [0.4, 0.5) is 0 Å². The molecule has 184 valence electrons. The largest absolute Gasteiger partial charge is 0.390 e. The van der Waals surface area contributed by atoms with E-state index in [0.29, 0.717) is 28.1 Å². The first kappa shape index (κ1) is 23.7. The Kier molecular flexibility index (Phi) is 5.17. The second-order valence-electron chi connectivity index (χ2n) is 15.3. The third-order valence-corrected chi connectivity index (χ3v) is 13.7. The molecule has 2 N–H and O–H groups in total. The average Bonchev–Trinajstić information content (AvgIpc) is 3.05. The van der Waals surface area contributed by atoms with E-state index in [1.165, 1.54) is 51.4 Å². The number of fused-ring (bicyclic) bond motifs is 7. The molecule has 0 aromatic heterocycles. The predicted molar refractivity (Wildman–Crippen MR) is 132 cm³/mol. The predicted octanol–water partition coefficient (Wildman–Crippen LogP) is 7.08. The molecule has 0 aromatic rings. The van der Waals surface area contributed by atoms with Crippen molar-refractivity contribution in [3.8, 4) is 0 Å². The van der Waals surface area contributed by atoms with Crippen molar-refractivity contribution in [2.75, 3.05) is 0 Å². The molecule has 11 atom stereocenters. The Hall–Kier alpha value is -0.0800. The van der Waals surface area contributed by atoms with Crippen molar-refractivity contribution >= 4 is 0 Å². The molecule has 0 aliphatic heterocycles. The van der Waals surface area contributed by atoms with Gasteiger partial charge in [0.15, 0.2) is 0 Å². The zero-order valence-corrected chi connectivity index (χ0v) is 22.4. The summed E-state index contributed by atoms with van der Waals surface area (Å²) < 4.78 is 0. The van der Waals surface area contributed by atoms with E-state index in [4.69, 9.17) is 0 Å². The van der Waals surface area contributed by atoms with Gasteiger partial charge in [0, 0.05) is 0 Å². The molecule has 2 heteroatoms. The van der Waals surface area contributed by atoms with Gasteiger partial charge in [0.1, 0.15) is 0 Å². The fourth-order valence-corrected chi connectivity index (χ4v) is 11.9. The molecule has 32 heavy (non-hydrogen) atoms. The molecule has 0 aromatic carbocycles. The van der Waals surface area contributed by atoms with Crippen LogP contribution in [0.2, 0.25) is 0 Å². The smallest absolute Gasteiger partial charge is 0.0852 e. The van der Waals surface area contributed by atoms with Gasteiger partial charge in [-0.2, -0.15) is 0 Å². The Morgan fingerprint density at radius 2 is 1.41 bits per heavy atom. The van der Waals surface area contributed by atoms with Crippen LogP contribution in [-0.2, 0) is 0 Å². The van der Waals surface area contributed by atoms with Gasteiger partial charge in [-0.1, -0.05) is 55.4 Å². The molecule has 5 aliphatic carbocycles. The highest BCUT2D eigenvalue weighted by Crippen LogP contribution is 2.77. The fraction of sp³-hybridized carbons (Fsp3) is 1.00. The van der Waals surface area contributed by atoms with Gasteiger partial charge in [-0.15, -0.1) is 0 Å². The van der Waals surface area contributed by atoms with Crippen molar-refractivity contribution in [2.24, 2.45) is 62.6 Å². The summed E-state index contributed by atoms with van der Waals surface area (Å²) in [7, 11) is 0. The third-order valence-electron chi connectivity index (χ3n) is 13.7. The summed E-state index contributed by atoms with van der Waals surface area (Å²) in [5.41, 5.74) is 1.26. The van der Waals surface area contributed by atoms with Crippen molar-refractivity contribution < 1.29 is 10.2 Å². The Balaban J connectivity index is 1.55. The molecule has 0 saturated heterocycles.